The van der Waals surface area contributed by atoms with Gasteiger partial charge < -0.3 is 10.6 Å². The van der Waals surface area contributed by atoms with E-state index in [1.807, 2.05) is 91.9 Å². The molecule has 3 aromatic rings. The van der Waals surface area contributed by atoms with Crippen LogP contribution in [0.4, 0.5) is 10.5 Å². The molecule has 4 heteroatoms. The van der Waals surface area contributed by atoms with E-state index in [0.717, 1.165) is 26.6 Å². The molecule has 0 bridgehead atoms. The third-order valence-electron chi connectivity index (χ3n) is 3.77. The van der Waals surface area contributed by atoms with Crippen molar-refractivity contribution in [2.45, 2.75) is 16.7 Å². The summed E-state index contributed by atoms with van der Waals surface area (Å²) in [5, 5.41) is 5.67. The van der Waals surface area contributed by atoms with Crippen LogP contribution in [0.25, 0.3) is 6.08 Å². The summed E-state index contributed by atoms with van der Waals surface area (Å²) in [5.74, 6) is 0. The van der Waals surface area contributed by atoms with Crippen LogP contribution in [0, 0.1) is 6.92 Å². The lowest BCUT2D eigenvalue weighted by Crippen LogP contribution is -2.24. The first-order chi connectivity index (χ1) is 12.7. The van der Waals surface area contributed by atoms with Crippen LogP contribution in [0.2, 0.25) is 0 Å². The Balaban J connectivity index is 1.63. The van der Waals surface area contributed by atoms with E-state index in [4.69, 9.17) is 0 Å². The average molecular weight is 360 g/mol. The van der Waals surface area contributed by atoms with E-state index in [0.29, 0.717) is 0 Å². The van der Waals surface area contributed by atoms with Gasteiger partial charge in [-0.3, -0.25) is 0 Å². The second-order valence-electron chi connectivity index (χ2n) is 5.70. The van der Waals surface area contributed by atoms with Crippen LogP contribution in [0.5, 0.6) is 0 Å². The summed E-state index contributed by atoms with van der Waals surface area (Å²) in [5.41, 5.74) is 3.02. The number of carbonyl (C=O) groups excluding carboxylic acids is 1. The molecule has 3 aromatic carbocycles. The summed E-state index contributed by atoms with van der Waals surface area (Å²) < 4.78 is 0. The van der Waals surface area contributed by atoms with Crippen molar-refractivity contribution in [2.75, 3.05) is 5.32 Å². The topological polar surface area (TPSA) is 41.1 Å². The van der Waals surface area contributed by atoms with Crippen molar-refractivity contribution < 1.29 is 4.79 Å². The van der Waals surface area contributed by atoms with Crippen LogP contribution in [0.15, 0.2) is 94.9 Å². The van der Waals surface area contributed by atoms with Gasteiger partial charge in [-0.1, -0.05) is 66.4 Å². The maximum absolute atomic E-state index is 12.2. The minimum Gasteiger partial charge on any atom is -0.314 e. The molecule has 0 heterocycles. The molecule has 26 heavy (non-hydrogen) atoms. The summed E-state index contributed by atoms with van der Waals surface area (Å²) in [7, 11) is 0. The Morgan fingerprint density at radius 2 is 1.58 bits per heavy atom. The van der Waals surface area contributed by atoms with Gasteiger partial charge in [0.1, 0.15) is 0 Å². The van der Waals surface area contributed by atoms with Crippen LogP contribution < -0.4 is 10.6 Å². The van der Waals surface area contributed by atoms with Crippen LogP contribution in [0.3, 0.4) is 0 Å². The van der Waals surface area contributed by atoms with Gasteiger partial charge in [-0.25, -0.2) is 4.79 Å². The standard InChI is InChI=1S/C22H20N2OS/c1-17-9-5-6-10-18(17)15-16-23-22(25)24-20-13-7-8-14-21(20)26-19-11-3-2-4-12-19/h2-16H,1H3,(H2,23,24,25)/b16-15+. The lowest BCUT2D eigenvalue weighted by atomic mass is 10.1. The summed E-state index contributed by atoms with van der Waals surface area (Å²) >= 11 is 1.62. The molecule has 3 rings (SSSR count). The first kappa shape index (κ1) is 17.8. The van der Waals surface area contributed by atoms with Crippen molar-refractivity contribution in [3.8, 4) is 0 Å². The lowest BCUT2D eigenvalue weighted by Gasteiger charge is -2.10. The van der Waals surface area contributed by atoms with Crippen LogP contribution in [0.1, 0.15) is 11.1 Å². The van der Waals surface area contributed by atoms with Gasteiger partial charge in [0.2, 0.25) is 0 Å². The van der Waals surface area contributed by atoms with Gasteiger partial charge in [0.15, 0.2) is 0 Å². The number of urea groups is 1. The molecule has 0 aliphatic carbocycles. The van der Waals surface area contributed by atoms with Gasteiger partial charge in [0.25, 0.3) is 0 Å². The number of rotatable bonds is 5. The van der Waals surface area contributed by atoms with Gasteiger partial charge >= 0.3 is 6.03 Å². The molecule has 0 radical (unpaired) electrons. The van der Waals surface area contributed by atoms with Crippen molar-refractivity contribution >= 4 is 29.6 Å². The van der Waals surface area contributed by atoms with Crippen molar-refractivity contribution in [1.82, 2.24) is 5.32 Å². The number of hydrogen-bond acceptors (Lipinski definition) is 2. The van der Waals surface area contributed by atoms with Gasteiger partial charge in [0.05, 0.1) is 5.69 Å². The predicted octanol–water partition coefficient (Wildman–Crippen LogP) is 5.94. The minimum absolute atomic E-state index is 0.268. The normalized spacial score (nSPS) is 10.7. The zero-order valence-electron chi connectivity index (χ0n) is 14.5. The quantitative estimate of drug-likeness (QED) is 0.591. The van der Waals surface area contributed by atoms with Crippen molar-refractivity contribution in [3.63, 3.8) is 0 Å². The molecular weight excluding hydrogens is 340 g/mol. The SMILES string of the molecule is Cc1ccccc1/C=C/NC(=O)Nc1ccccc1Sc1ccccc1. The number of para-hydroxylation sites is 1. The number of amides is 2. The molecule has 0 spiro atoms. The molecule has 0 atom stereocenters. The summed E-state index contributed by atoms with van der Waals surface area (Å²) in [6.07, 6.45) is 3.55. The molecule has 0 aliphatic heterocycles. The highest BCUT2D eigenvalue weighted by Crippen LogP contribution is 2.33. The Kier molecular flexibility index (Phi) is 6.12. The molecule has 0 aliphatic rings. The van der Waals surface area contributed by atoms with E-state index >= 15 is 0 Å². The minimum atomic E-state index is -0.268. The molecule has 3 nitrogen and oxygen atoms in total. The third kappa shape index (κ3) is 5.01. The zero-order chi connectivity index (χ0) is 18.2. The number of nitrogens with one attached hydrogen (secondary N) is 2. The number of aryl methyl sites for hydroxylation is 1. The molecular formula is C22H20N2OS. The van der Waals surface area contributed by atoms with E-state index in [1.54, 1.807) is 18.0 Å². The fraction of sp³-hybridized carbons (Fsp3) is 0.0455. The Morgan fingerprint density at radius 3 is 2.38 bits per heavy atom. The predicted molar refractivity (Wildman–Crippen MR) is 109 cm³/mol. The summed E-state index contributed by atoms with van der Waals surface area (Å²) in [6, 6.07) is 25.6. The second kappa shape index (κ2) is 8.92. The largest absolute Gasteiger partial charge is 0.323 e. The Hall–Kier alpha value is -2.98. The second-order valence-corrected chi connectivity index (χ2v) is 6.82. The smallest absolute Gasteiger partial charge is 0.314 e. The maximum atomic E-state index is 12.2. The lowest BCUT2D eigenvalue weighted by molar-refractivity contribution is 0.255. The molecule has 2 N–H and O–H groups in total. The van der Waals surface area contributed by atoms with E-state index in [1.165, 1.54) is 0 Å². The van der Waals surface area contributed by atoms with Gasteiger partial charge in [-0.05, 0) is 48.4 Å². The number of benzene rings is 3. The Labute approximate surface area is 158 Å². The monoisotopic (exact) mass is 360 g/mol. The fourth-order valence-corrected chi connectivity index (χ4v) is 3.34. The Bertz CT molecular complexity index is 907. The van der Waals surface area contributed by atoms with Crippen molar-refractivity contribution in [3.05, 3.63) is 96.2 Å². The van der Waals surface area contributed by atoms with Crippen LogP contribution in [-0.4, -0.2) is 6.03 Å². The fourth-order valence-electron chi connectivity index (χ4n) is 2.41. The van der Waals surface area contributed by atoms with Gasteiger partial charge in [0, 0.05) is 16.0 Å². The van der Waals surface area contributed by atoms with Crippen LogP contribution in [-0.2, 0) is 0 Å². The molecule has 130 valence electrons. The molecule has 0 unspecified atom stereocenters. The molecule has 0 saturated carbocycles. The molecule has 0 saturated heterocycles. The highest BCUT2D eigenvalue weighted by molar-refractivity contribution is 7.99. The van der Waals surface area contributed by atoms with Crippen molar-refractivity contribution in [1.29, 1.82) is 0 Å². The third-order valence-corrected chi connectivity index (χ3v) is 4.86. The van der Waals surface area contributed by atoms with Gasteiger partial charge in [-0.2, -0.15) is 0 Å². The van der Waals surface area contributed by atoms with E-state index in [-0.39, 0.29) is 6.03 Å². The highest BCUT2D eigenvalue weighted by Gasteiger charge is 2.06. The maximum Gasteiger partial charge on any atom is 0.323 e. The first-order valence-corrected chi connectivity index (χ1v) is 9.15. The van der Waals surface area contributed by atoms with Gasteiger partial charge in [-0.15, -0.1) is 0 Å². The van der Waals surface area contributed by atoms with Crippen LogP contribution >= 0.6 is 11.8 Å². The zero-order valence-corrected chi connectivity index (χ0v) is 15.3. The van der Waals surface area contributed by atoms with E-state index < -0.39 is 0 Å². The number of anilines is 1. The van der Waals surface area contributed by atoms with E-state index in [9.17, 15) is 4.79 Å². The highest BCUT2D eigenvalue weighted by atomic mass is 32.2. The summed E-state index contributed by atoms with van der Waals surface area (Å²) in [6.45, 7) is 2.04. The number of hydrogen-bond donors (Lipinski definition) is 2. The van der Waals surface area contributed by atoms with E-state index in [2.05, 4.69) is 10.6 Å². The molecule has 0 aromatic heterocycles. The molecule has 0 fully saturated rings. The average Bonchev–Trinajstić information content (AvgIpc) is 2.66. The Morgan fingerprint density at radius 1 is 0.885 bits per heavy atom. The first-order valence-electron chi connectivity index (χ1n) is 8.34. The molecule has 2 amide bonds. The van der Waals surface area contributed by atoms with Crippen molar-refractivity contribution in [2.24, 2.45) is 0 Å². The summed E-state index contributed by atoms with van der Waals surface area (Å²) in [4.78, 5) is 14.3. The number of carbonyl (C=O) groups is 1.